The maximum atomic E-state index is 12.3. The van der Waals surface area contributed by atoms with Crippen LogP contribution in [0, 0.1) is 5.92 Å². The molecule has 0 atom stereocenters. The zero-order chi connectivity index (χ0) is 14.5. The second kappa shape index (κ2) is 6.37. The first kappa shape index (κ1) is 14.3. The van der Waals surface area contributed by atoms with Crippen LogP contribution in [0.2, 0.25) is 0 Å². The van der Waals surface area contributed by atoms with Crippen LogP contribution < -0.4 is 10.9 Å². The zero-order valence-electron chi connectivity index (χ0n) is 11.9. The number of aromatic amines is 1. The number of fused-ring (bicyclic) bond motifs is 1. The van der Waals surface area contributed by atoms with Crippen molar-refractivity contribution in [2.45, 2.75) is 26.7 Å². The Morgan fingerprint density at radius 3 is 2.65 bits per heavy atom. The van der Waals surface area contributed by atoms with Crippen LogP contribution in [0.1, 0.15) is 37.0 Å². The lowest BCUT2D eigenvalue weighted by Crippen LogP contribution is -2.30. The number of pyridine rings is 1. The summed E-state index contributed by atoms with van der Waals surface area (Å²) >= 11 is 0. The Kier molecular flexibility index (Phi) is 4.56. The maximum Gasteiger partial charge on any atom is 0.252 e. The van der Waals surface area contributed by atoms with Crippen molar-refractivity contribution in [3.8, 4) is 0 Å². The van der Waals surface area contributed by atoms with Crippen molar-refractivity contribution in [1.29, 1.82) is 0 Å². The first-order chi connectivity index (χ1) is 9.65. The third-order valence-corrected chi connectivity index (χ3v) is 3.70. The zero-order valence-corrected chi connectivity index (χ0v) is 11.9. The summed E-state index contributed by atoms with van der Waals surface area (Å²) in [6.45, 7) is 4.87. The van der Waals surface area contributed by atoms with Gasteiger partial charge in [0.25, 0.3) is 5.91 Å². The number of hydrogen-bond acceptors (Lipinski definition) is 2. The second-order valence-electron chi connectivity index (χ2n) is 4.99. The Bertz CT molecular complexity index is 657. The molecule has 0 aliphatic carbocycles. The number of nitrogens with one attached hydrogen (secondary N) is 2. The van der Waals surface area contributed by atoms with Gasteiger partial charge in [0, 0.05) is 23.5 Å². The van der Waals surface area contributed by atoms with Gasteiger partial charge in [-0.25, -0.2) is 0 Å². The number of carbonyl (C=O) groups is 1. The van der Waals surface area contributed by atoms with Crippen molar-refractivity contribution in [2.75, 3.05) is 6.54 Å². The van der Waals surface area contributed by atoms with Gasteiger partial charge in [-0.3, -0.25) is 9.59 Å². The highest BCUT2D eigenvalue weighted by Gasteiger charge is 2.12. The average molecular weight is 272 g/mol. The van der Waals surface area contributed by atoms with Crippen LogP contribution in [0.25, 0.3) is 10.9 Å². The fraction of sp³-hybridized carbons (Fsp3) is 0.375. The van der Waals surface area contributed by atoms with Crippen LogP contribution in [-0.2, 0) is 0 Å². The van der Waals surface area contributed by atoms with Gasteiger partial charge < -0.3 is 10.3 Å². The monoisotopic (exact) mass is 272 g/mol. The summed E-state index contributed by atoms with van der Waals surface area (Å²) < 4.78 is 0. The molecular weight excluding hydrogens is 252 g/mol. The molecule has 4 heteroatoms. The lowest BCUT2D eigenvalue weighted by atomic mass is 10.0. The van der Waals surface area contributed by atoms with E-state index in [1.807, 2.05) is 18.2 Å². The van der Waals surface area contributed by atoms with Crippen molar-refractivity contribution in [3.05, 3.63) is 46.2 Å². The minimum Gasteiger partial charge on any atom is -0.352 e. The van der Waals surface area contributed by atoms with Gasteiger partial charge in [0.05, 0.1) is 5.56 Å². The molecule has 0 radical (unpaired) electrons. The summed E-state index contributed by atoms with van der Waals surface area (Å²) in [4.78, 5) is 26.6. The molecule has 1 aromatic heterocycles. The van der Waals surface area contributed by atoms with Crippen molar-refractivity contribution >= 4 is 16.8 Å². The summed E-state index contributed by atoms with van der Waals surface area (Å²) in [6, 6.07) is 8.71. The Balaban J connectivity index is 2.28. The first-order valence-corrected chi connectivity index (χ1v) is 7.06. The molecule has 2 aromatic rings. The van der Waals surface area contributed by atoms with Gasteiger partial charge in [0.15, 0.2) is 0 Å². The van der Waals surface area contributed by atoms with E-state index in [1.165, 1.54) is 6.07 Å². The molecule has 0 bridgehead atoms. The van der Waals surface area contributed by atoms with Crippen LogP contribution in [0.15, 0.2) is 35.1 Å². The molecule has 20 heavy (non-hydrogen) atoms. The van der Waals surface area contributed by atoms with Crippen molar-refractivity contribution in [1.82, 2.24) is 10.3 Å². The Morgan fingerprint density at radius 2 is 1.95 bits per heavy atom. The largest absolute Gasteiger partial charge is 0.352 e. The van der Waals surface area contributed by atoms with Gasteiger partial charge >= 0.3 is 0 Å². The SMILES string of the molecule is CCC(CC)CNC(=O)c1cc(=O)[nH]c2ccccc12. The Hall–Kier alpha value is -2.10. The van der Waals surface area contributed by atoms with Gasteiger partial charge in [-0.15, -0.1) is 0 Å². The molecule has 4 nitrogen and oxygen atoms in total. The quantitative estimate of drug-likeness (QED) is 0.879. The average Bonchev–Trinajstić information content (AvgIpc) is 2.47. The fourth-order valence-corrected chi connectivity index (χ4v) is 2.30. The lowest BCUT2D eigenvalue weighted by Gasteiger charge is -2.13. The number of H-pyrrole nitrogens is 1. The summed E-state index contributed by atoms with van der Waals surface area (Å²) in [5, 5.41) is 3.70. The molecule has 0 saturated carbocycles. The molecule has 0 spiro atoms. The summed E-state index contributed by atoms with van der Waals surface area (Å²) in [6.07, 6.45) is 2.07. The number of aromatic nitrogens is 1. The number of para-hydroxylation sites is 1. The first-order valence-electron chi connectivity index (χ1n) is 7.06. The molecule has 0 aliphatic rings. The number of carbonyl (C=O) groups excluding carboxylic acids is 1. The number of amides is 1. The predicted octanol–water partition coefficient (Wildman–Crippen LogP) is 2.69. The fourth-order valence-electron chi connectivity index (χ4n) is 2.30. The van der Waals surface area contributed by atoms with Crippen molar-refractivity contribution < 1.29 is 4.79 Å². The van der Waals surface area contributed by atoms with E-state index in [0.29, 0.717) is 23.5 Å². The van der Waals surface area contributed by atoms with Crippen LogP contribution in [-0.4, -0.2) is 17.4 Å². The van der Waals surface area contributed by atoms with E-state index < -0.39 is 0 Å². The lowest BCUT2D eigenvalue weighted by molar-refractivity contribution is 0.0948. The molecular formula is C16H20N2O2. The number of rotatable bonds is 5. The van der Waals surface area contributed by atoms with E-state index in [1.54, 1.807) is 6.07 Å². The smallest absolute Gasteiger partial charge is 0.252 e. The highest BCUT2D eigenvalue weighted by molar-refractivity contribution is 6.05. The van der Waals surface area contributed by atoms with Gasteiger partial charge in [0.2, 0.25) is 5.56 Å². The highest BCUT2D eigenvalue weighted by Crippen LogP contribution is 2.14. The molecule has 1 aromatic carbocycles. The van der Waals surface area contributed by atoms with Crippen LogP contribution in [0.3, 0.4) is 0 Å². The Labute approximate surface area is 118 Å². The van der Waals surface area contributed by atoms with E-state index in [4.69, 9.17) is 0 Å². The van der Waals surface area contributed by atoms with E-state index in [2.05, 4.69) is 24.1 Å². The third-order valence-electron chi connectivity index (χ3n) is 3.70. The molecule has 0 aliphatic heterocycles. The minimum absolute atomic E-state index is 0.181. The van der Waals surface area contributed by atoms with Crippen LogP contribution in [0.5, 0.6) is 0 Å². The van der Waals surface area contributed by atoms with E-state index >= 15 is 0 Å². The molecule has 0 fully saturated rings. The summed E-state index contributed by atoms with van der Waals surface area (Å²) in [7, 11) is 0. The molecule has 2 rings (SSSR count). The summed E-state index contributed by atoms with van der Waals surface area (Å²) in [5.74, 6) is 0.298. The normalized spacial score (nSPS) is 10.9. The third kappa shape index (κ3) is 3.07. The van der Waals surface area contributed by atoms with E-state index in [-0.39, 0.29) is 11.5 Å². The standard InChI is InChI=1S/C16H20N2O2/c1-3-11(4-2)10-17-16(20)13-9-15(19)18-14-8-6-5-7-12(13)14/h5-9,11H,3-4,10H2,1-2H3,(H,17,20)(H,18,19). The van der Waals surface area contributed by atoms with Gasteiger partial charge in [-0.2, -0.15) is 0 Å². The van der Waals surface area contributed by atoms with Gasteiger partial charge in [0.1, 0.15) is 0 Å². The van der Waals surface area contributed by atoms with Crippen LogP contribution in [0.4, 0.5) is 0 Å². The second-order valence-corrected chi connectivity index (χ2v) is 4.99. The van der Waals surface area contributed by atoms with E-state index in [9.17, 15) is 9.59 Å². The topological polar surface area (TPSA) is 62.0 Å². The molecule has 1 amide bonds. The summed E-state index contributed by atoms with van der Waals surface area (Å²) in [5.41, 5.74) is 0.874. The number of benzene rings is 1. The Morgan fingerprint density at radius 1 is 1.25 bits per heavy atom. The molecule has 1 heterocycles. The molecule has 0 unspecified atom stereocenters. The molecule has 106 valence electrons. The molecule has 0 saturated heterocycles. The van der Waals surface area contributed by atoms with Gasteiger partial charge in [-0.1, -0.05) is 44.9 Å². The van der Waals surface area contributed by atoms with E-state index in [0.717, 1.165) is 18.2 Å². The van der Waals surface area contributed by atoms with Crippen LogP contribution >= 0.6 is 0 Å². The van der Waals surface area contributed by atoms with Crippen molar-refractivity contribution in [3.63, 3.8) is 0 Å². The molecule has 2 N–H and O–H groups in total. The minimum atomic E-state index is -0.253. The number of hydrogen-bond donors (Lipinski definition) is 2. The predicted molar refractivity (Wildman–Crippen MR) is 81.0 cm³/mol. The maximum absolute atomic E-state index is 12.3. The van der Waals surface area contributed by atoms with Gasteiger partial charge in [-0.05, 0) is 12.0 Å². The highest BCUT2D eigenvalue weighted by atomic mass is 16.2. The van der Waals surface area contributed by atoms with Crippen molar-refractivity contribution in [2.24, 2.45) is 5.92 Å².